The Morgan fingerprint density at radius 2 is 2.00 bits per heavy atom. The number of hydrogen-bond acceptors (Lipinski definition) is 7. The molecule has 0 spiro atoms. The highest BCUT2D eigenvalue weighted by atomic mass is 32.1. The first-order valence-electron chi connectivity index (χ1n) is 8.13. The van der Waals surface area contributed by atoms with Gasteiger partial charge in [-0.15, -0.1) is 11.3 Å². The quantitative estimate of drug-likeness (QED) is 0.852. The molecule has 1 N–H and O–H groups in total. The van der Waals surface area contributed by atoms with Crippen LogP contribution in [-0.2, 0) is 11.3 Å². The van der Waals surface area contributed by atoms with Crippen molar-refractivity contribution in [3.05, 3.63) is 34.5 Å². The fourth-order valence-corrected chi connectivity index (χ4v) is 3.30. The second-order valence-electron chi connectivity index (χ2n) is 5.76. The van der Waals surface area contributed by atoms with Gasteiger partial charge in [0.2, 0.25) is 11.9 Å². The number of rotatable bonds is 6. The van der Waals surface area contributed by atoms with Gasteiger partial charge in [0.1, 0.15) is 0 Å². The third-order valence-electron chi connectivity index (χ3n) is 3.96. The maximum Gasteiger partial charge on any atom is 0.224 e. The Morgan fingerprint density at radius 1 is 1.25 bits per heavy atom. The van der Waals surface area contributed by atoms with Gasteiger partial charge in [-0.1, -0.05) is 0 Å². The molecule has 0 saturated carbocycles. The number of carbonyl (C=O) groups excluding carboxylic acids is 1. The standard InChI is InChI=1S/C16H22N6OS/c1-13-20-14(12-24-13)11-21-7-9-22(10-8-21)15(23)3-6-19-16-17-4-2-5-18-16/h2,4-5,12H,3,6-11H2,1H3,(H,17,18,19). The lowest BCUT2D eigenvalue weighted by Crippen LogP contribution is -2.48. The molecule has 128 valence electrons. The predicted molar refractivity (Wildman–Crippen MR) is 93.8 cm³/mol. The van der Waals surface area contributed by atoms with E-state index in [2.05, 4.69) is 30.5 Å². The van der Waals surface area contributed by atoms with Crippen LogP contribution in [0.1, 0.15) is 17.1 Å². The molecule has 8 heteroatoms. The summed E-state index contributed by atoms with van der Waals surface area (Å²) in [6.45, 7) is 6.82. The minimum atomic E-state index is 0.183. The van der Waals surface area contributed by atoms with Crippen LogP contribution in [0.4, 0.5) is 5.95 Å². The summed E-state index contributed by atoms with van der Waals surface area (Å²) in [5.74, 6) is 0.747. The molecule has 0 bridgehead atoms. The third kappa shape index (κ3) is 4.72. The maximum absolute atomic E-state index is 12.3. The molecule has 3 heterocycles. The van der Waals surface area contributed by atoms with E-state index in [1.807, 2.05) is 11.8 Å². The molecule has 1 saturated heterocycles. The Balaban J connectivity index is 1.37. The van der Waals surface area contributed by atoms with Gasteiger partial charge in [-0.3, -0.25) is 9.69 Å². The molecule has 0 aliphatic carbocycles. The van der Waals surface area contributed by atoms with Crippen LogP contribution >= 0.6 is 11.3 Å². The van der Waals surface area contributed by atoms with Gasteiger partial charge in [0.05, 0.1) is 10.7 Å². The lowest BCUT2D eigenvalue weighted by molar-refractivity contribution is -0.132. The molecular weight excluding hydrogens is 324 g/mol. The Morgan fingerprint density at radius 3 is 2.67 bits per heavy atom. The first-order chi connectivity index (χ1) is 11.7. The molecule has 0 unspecified atom stereocenters. The number of aryl methyl sites for hydroxylation is 1. The number of aromatic nitrogens is 3. The summed E-state index contributed by atoms with van der Waals surface area (Å²) in [5, 5.41) is 6.29. The second-order valence-corrected chi connectivity index (χ2v) is 6.83. The number of carbonyl (C=O) groups is 1. The van der Waals surface area contributed by atoms with E-state index >= 15 is 0 Å². The minimum absolute atomic E-state index is 0.183. The zero-order valence-corrected chi connectivity index (χ0v) is 14.6. The lowest BCUT2D eigenvalue weighted by atomic mass is 10.2. The summed E-state index contributed by atoms with van der Waals surface area (Å²) in [5.41, 5.74) is 1.13. The van der Waals surface area contributed by atoms with Crippen LogP contribution in [0.25, 0.3) is 0 Å². The van der Waals surface area contributed by atoms with E-state index in [-0.39, 0.29) is 5.91 Å². The molecule has 24 heavy (non-hydrogen) atoms. The van der Waals surface area contributed by atoms with Gasteiger partial charge in [0.25, 0.3) is 0 Å². The Hall–Kier alpha value is -2.06. The van der Waals surface area contributed by atoms with Gasteiger partial charge in [0, 0.05) is 63.5 Å². The van der Waals surface area contributed by atoms with Crippen molar-refractivity contribution in [2.75, 3.05) is 38.0 Å². The SMILES string of the molecule is Cc1nc(CN2CCN(C(=O)CCNc3ncccn3)CC2)cs1. The van der Waals surface area contributed by atoms with Crippen molar-refractivity contribution in [3.63, 3.8) is 0 Å². The van der Waals surface area contributed by atoms with Gasteiger partial charge in [0.15, 0.2) is 0 Å². The number of nitrogens with one attached hydrogen (secondary N) is 1. The molecule has 2 aromatic heterocycles. The normalized spacial score (nSPS) is 15.5. The van der Waals surface area contributed by atoms with E-state index in [0.29, 0.717) is 18.9 Å². The monoisotopic (exact) mass is 346 g/mol. The highest BCUT2D eigenvalue weighted by molar-refractivity contribution is 7.09. The molecule has 0 radical (unpaired) electrons. The fourth-order valence-electron chi connectivity index (χ4n) is 2.70. The molecule has 3 rings (SSSR count). The summed E-state index contributed by atoms with van der Waals surface area (Å²) in [6.07, 6.45) is 3.82. The molecular formula is C16H22N6OS. The van der Waals surface area contributed by atoms with E-state index in [1.165, 1.54) is 0 Å². The van der Waals surface area contributed by atoms with Crippen molar-refractivity contribution in [2.24, 2.45) is 0 Å². The molecule has 1 fully saturated rings. The zero-order valence-electron chi connectivity index (χ0n) is 13.8. The number of piperazine rings is 1. The van der Waals surface area contributed by atoms with Crippen LogP contribution in [0.2, 0.25) is 0 Å². The number of thiazole rings is 1. The van der Waals surface area contributed by atoms with Crippen molar-refractivity contribution >= 4 is 23.2 Å². The highest BCUT2D eigenvalue weighted by Crippen LogP contribution is 2.12. The van der Waals surface area contributed by atoms with Crippen molar-refractivity contribution in [1.29, 1.82) is 0 Å². The maximum atomic E-state index is 12.3. The van der Waals surface area contributed by atoms with Crippen LogP contribution < -0.4 is 5.32 Å². The summed E-state index contributed by atoms with van der Waals surface area (Å²) in [6, 6.07) is 1.77. The van der Waals surface area contributed by atoms with E-state index in [0.717, 1.165) is 43.4 Å². The van der Waals surface area contributed by atoms with Gasteiger partial charge in [-0.05, 0) is 13.0 Å². The average molecular weight is 346 g/mol. The minimum Gasteiger partial charge on any atom is -0.354 e. The van der Waals surface area contributed by atoms with Gasteiger partial charge in [-0.2, -0.15) is 0 Å². The average Bonchev–Trinajstić information content (AvgIpc) is 3.01. The van der Waals surface area contributed by atoms with Gasteiger partial charge < -0.3 is 10.2 Å². The molecule has 1 aliphatic rings. The van der Waals surface area contributed by atoms with E-state index in [1.54, 1.807) is 29.8 Å². The molecule has 1 aliphatic heterocycles. The molecule has 2 aromatic rings. The Kier molecular flexibility index (Phi) is 5.71. The van der Waals surface area contributed by atoms with Crippen molar-refractivity contribution in [2.45, 2.75) is 19.9 Å². The number of amides is 1. The summed E-state index contributed by atoms with van der Waals surface area (Å²) in [7, 11) is 0. The van der Waals surface area contributed by atoms with Gasteiger partial charge >= 0.3 is 0 Å². The van der Waals surface area contributed by atoms with Crippen LogP contribution in [0.15, 0.2) is 23.8 Å². The van der Waals surface area contributed by atoms with E-state index < -0.39 is 0 Å². The number of anilines is 1. The largest absolute Gasteiger partial charge is 0.354 e. The summed E-state index contributed by atoms with van der Waals surface area (Å²) < 4.78 is 0. The summed E-state index contributed by atoms with van der Waals surface area (Å²) >= 11 is 1.69. The molecule has 0 atom stereocenters. The van der Waals surface area contributed by atoms with E-state index in [9.17, 15) is 4.79 Å². The Labute approximate surface area is 145 Å². The van der Waals surface area contributed by atoms with Crippen LogP contribution in [-0.4, -0.2) is 63.4 Å². The first kappa shape index (κ1) is 16.8. The highest BCUT2D eigenvalue weighted by Gasteiger charge is 2.21. The molecule has 7 nitrogen and oxygen atoms in total. The number of nitrogens with zero attached hydrogens (tertiary/aromatic N) is 5. The fraction of sp³-hybridized carbons (Fsp3) is 0.500. The van der Waals surface area contributed by atoms with Crippen molar-refractivity contribution in [1.82, 2.24) is 24.8 Å². The van der Waals surface area contributed by atoms with Crippen molar-refractivity contribution in [3.8, 4) is 0 Å². The van der Waals surface area contributed by atoms with Gasteiger partial charge in [-0.25, -0.2) is 15.0 Å². The molecule has 0 aromatic carbocycles. The van der Waals surface area contributed by atoms with E-state index in [4.69, 9.17) is 0 Å². The number of hydrogen-bond donors (Lipinski definition) is 1. The second kappa shape index (κ2) is 8.16. The van der Waals surface area contributed by atoms with Crippen LogP contribution in [0.5, 0.6) is 0 Å². The van der Waals surface area contributed by atoms with Crippen LogP contribution in [0, 0.1) is 6.92 Å². The summed E-state index contributed by atoms with van der Waals surface area (Å²) in [4.78, 5) is 29.2. The smallest absolute Gasteiger partial charge is 0.224 e. The molecule has 1 amide bonds. The first-order valence-corrected chi connectivity index (χ1v) is 9.01. The zero-order chi connectivity index (χ0) is 16.8. The predicted octanol–water partition coefficient (Wildman–Crippen LogP) is 1.39. The lowest BCUT2D eigenvalue weighted by Gasteiger charge is -2.34. The van der Waals surface area contributed by atoms with Crippen LogP contribution in [0.3, 0.4) is 0 Å². The third-order valence-corrected chi connectivity index (χ3v) is 4.79. The topological polar surface area (TPSA) is 74.2 Å². The Bertz CT molecular complexity index is 654. The van der Waals surface area contributed by atoms with Crippen molar-refractivity contribution < 1.29 is 4.79 Å².